The van der Waals surface area contributed by atoms with Crippen LogP contribution in [0.5, 0.6) is 0 Å². The first-order valence-electron chi connectivity index (χ1n) is 6.05. The molecule has 0 N–H and O–H groups in total. The van der Waals surface area contributed by atoms with E-state index in [1.165, 1.54) is 5.56 Å². The summed E-state index contributed by atoms with van der Waals surface area (Å²) in [5, 5.41) is 0. The average Bonchev–Trinajstić information content (AvgIpc) is 2.65. The van der Waals surface area contributed by atoms with E-state index in [1.54, 1.807) is 4.90 Å². The van der Waals surface area contributed by atoms with Crippen LogP contribution in [-0.4, -0.2) is 29.0 Å². The van der Waals surface area contributed by atoms with Gasteiger partial charge in [0.05, 0.1) is 6.54 Å². The van der Waals surface area contributed by atoms with Crippen molar-refractivity contribution in [1.29, 1.82) is 0 Å². The van der Waals surface area contributed by atoms with E-state index < -0.39 is 5.72 Å². The number of halogens is 1. The highest BCUT2D eigenvalue weighted by Crippen LogP contribution is 2.35. The Hall–Kier alpha value is -1.06. The SMILES string of the molecule is Cc1ccc(C2CN(C(=O)CCl)C(C)(C)O2)cc1. The summed E-state index contributed by atoms with van der Waals surface area (Å²) in [7, 11) is 0. The van der Waals surface area contributed by atoms with Gasteiger partial charge in [-0.1, -0.05) is 29.8 Å². The van der Waals surface area contributed by atoms with Crippen molar-refractivity contribution in [2.24, 2.45) is 0 Å². The largest absolute Gasteiger partial charge is 0.346 e. The Kier molecular flexibility index (Phi) is 3.64. The highest BCUT2D eigenvalue weighted by molar-refractivity contribution is 6.27. The Morgan fingerprint density at radius 2 is 2.06 bits per heavy atom. The van der Waals surface area contributed by atoms with Gasteiger partial charge in [-0.05, 0) is 26.3 Å². The second-order valence-electron chi connectivity index (χ2n) is 5.10. The van der Waals surface area contributed by atoms with Gasteiger partial charge in [0.2, 0.25) is 5.91 Å². The molecule has 1 aliphatic rings. The van der Waals surface area contributed by atoms with Gasteiger partial charge in [0.1, 0.15) is 17.7 Å². The Morgan fingerprint density at radius 3 is 2.61 bits per heavy atom. The van der Waals surface area contributed by atoms with Crippen molar-refractivity contribution in [1.82, 2.24) is 4.90 Å². The molecule has 1 saturated heterocycles. The molecular formula is C14H18ClNO2. The second-order valence-corrected chi connectivity index (χ2v) is 5.37. The maximum absolute atomic E-state index is 11.8. The third-order valence-electron chi connectivity index (χ3n) is 3.29. The number of hydrogen-bond acceptors (Lipinski definition) is 2. The van der Waals surface area contributed by atoms with Crippen LogP contribution in [0, 0.1) is 6.92 Å². The maximum atomic E-state index is 11.8. The molecule has 3 nitrogen and oxygen atoms in total. The van der Waals surface area contributed by atoms with Gasteiger partial charge in [-0.3, -0.25) is 4.79 Å². The molecule has 2 rings (SSSR count). The molecule has 1 heterocycles. The number of aryl methyl sites for hydroxylation is 1. The number of nitrogens with zero attached hydrogens (tertiary/aromatic N) is 1. The number of alkyl halides is 1. The molecule has 1 aromatic carbocycles. The molecule has 0 radical (unpaired) electrons. The topological polar surface area (TPSA) is 29.5 Å². The van der Waals surface area contributed by atoms with Gasteiger partial charge in [0.15, 0.2) is 0 Å². The zero-order chi connectivity index (χ0) is 13.3. The maximum Gasteiger partial charge on any atom is 0.239 e. The molecule has 1 fully saturated rings. The summed E-state index contributed by atoms with van der Waals surface area (Å²) < 4.78 is 5.96. The Morgan fingerprint density at radius 1 is 1.44 bits per heavy atom. The zero-order valence-electron chi connectivity index (χ0n) is 10.9. The van der Waals surface area contributed by atoms with E-state index in [-0.39, 0.29) is 17.9 Å². The van der Waals surface area contributed by atoms with Crippen molar-refractivity contribution in [3.8, 4) is 0 Å². The first-order valence-corrected chi connectivity index (χ1v) is 6.58. The van der Waals surface area contributed by atoms with Crippen LogP contribution in [0.25, 0.3) is 0 Å². The lowest BCUT2D eigenvalue weighted by atomic mass is 10.1. The zero-order valence-corrected chi connectivity index (χ0v) is 11.7. The number of carbonyl (C=O) groups is 1. The number of benzene rings is 1. The van der Waals surface area contributed by atoms with Crippen molar-refractivity contribution in [3.63, 3.8) is 0 Å². The van der Waals surface area contributed by atoms with Crippen molar-refractivity contribution < 1.29 is 9.53 Å². The predicted octanol–water partition coefficient (Wildman–Crippen LogP) is 2.87. The van der Waals surface area contributed by atoms with Gasteiger partial charge in [0, 0.05) is 0 Å². The van der Waals surface area contributed by atoms with Crippen LogP contribution in [-0.2, 0) is 9.53 Å². The summed E-state index contributed by atoms with van der Waals surface area (Å²) in [6.45, 7) is 6.39. The van der Waals surface area contributed by atoms with Crippen molar-refractivity contribution in [2.45, 2.75) is 32.6 Å². The molecule has 1 unspecified atom stereocenters. The molecular weight excluding hydrogens is 250 g/mol. The molecule has 1 aromatic rings. The van der Waals surface area contributed by atoms with E-state index in [2.05, 4.69) is 12.1 Å². The van der Waals surface area contributed by atoms with Crippen LogP contribution in [0.15, 0.2) is 24.3 Å². The minimum atomic E-state index is -0.596. The van der Waals surface area contributed by atoms with Crippen LogP contribution in [0.1, 0.15) is 31.1 Å². The summed E-state index contributed by atoms with van der Waals surface area (Å²) in [6.07, 6.45) is -0.0761. The average molecular weight is 268 g/mol. The normalized spacial score (nSPS) is 22.2. The van der Waals surface area contributed by atoms with Gasteiger partial charge < -0.3 is 9.64 Å². The number of amides is 1. The van der Waals surface area contributed by atoms with E-state index in [0.717, 1.165) is 5.56 Å². The van der Waals surface area contributed by atoms with Crippen molar-refractivity contribution in [3.05, 3.63) is 35.4 Å². The van der Waals surface area contributed by atoms with Crippen molar-refractivity contribution >= 4 is 17.5 Å². The van der Waals surface area contributed by atoms with Crippen molar-refractivity contribution in [2.75, 3.05) is 12.4 Å². The molecule has 4 heteroatoms. The lowest BCUT2D eigenvalue weighted by Gasteiger charge is -2.29. The predicted molar refractivity (Wildman–Crippen MR) is 71.5 cm³/mol. The summed E-state index contributed by atoms with van der Waals surface area (Å²) in [5.74, 6) is -0.0933. The third-order valence-corrected chi connectivity index (χ3v) is 3.52. The smallest absolute Gasteiger partial charge is 0.239 e. The van der Waals surface area contributed by atoms with Crippen LogP contribution in [0.4, 0.5) is 0 Å². The first kappa shape index (κ1) is 13.4. The van der Waals surface area contributed by atoms with Crippen LogP contribution in [0.2, 0.25) is 0 Å². The van der Waals surface area contributed by atoms with Gasteiger partial charge in [0.25, 0.3) is 0 Å². The molecule has 0 spiro atoms. The summed E-state index contributed by atoms with van der Waals surface area (Å²) >= 11 is 5.63. The van der Waals surface area contributed by atoms with E-state index in [4.69, 9.17) is 16.3 Å². The fourth-order valence-electron chi connectivity index (χ4n) is 2.26. The van der Waals surface area contributed by atoms with Gasteiger partial charge in [-0.25, -0.2) is 0 Å². The molecule has 1 amide bonds. The highest BCUT2D eigenvalue weighted by Gasteiger charge is 2.42. The number of carbonyl (C=O) groups excluding carboxylic acids is 1. The Labute approximate surface area is 113 Å². The van der Waals surface area contributed by atoms with E-state index in [1.807, 2.05) is 32.9 Å². The monoisotopic (exact) mass is 267 g/mol. The highest BCUT2D eigenvalue weighted by atomic mass is 35.5. The van der Waals surface area contributed by atoms with Gasteiger partial charge >= 0.3 is 0 Å². The molecule has 0 aliphatic carbocycles. The molecule has 0 aromatic heterocycles. The lowest BCUT2D eigenvalue weighted by molar-refractivity contribution is -0.143. The molecule has 98 valence electrons. The number of rotatable bonds is 2. The summed E-state index contributed by atoms with van der Waals surface area (Å²) in [4.78, 5) is 13.5. The standard InChI is InChI=1S/C14H18ClNO2/c1-10-4-6-11(7-5-10)12-9-16(13(17)8-15)14(2,3)18-12/h4-7,12H,8-9H2,1-3H3. The fraction of sp³-hybridized carbons (Fsp3) is 0.500. The molecule has 1 atom stereocenters. The minimum Gasteiger partial charge on any atom is -0.346 e. The van der Waals surface area contributed by atoms with Crippen LogP contribution >= 0.6 is 11.6 Å². The van der Waals surface area contributed by atoms with E-state index >= 15 is 0 Å². The molecule has 18 heavy (non-hydrogen) atoms. The Bertz CT molecular complexity index is 442. The second kappa shape index (κ2) is 4.90. The van der Waals surface area contributed by atoms with Gasteiger partial charge in [-0.15, -0.1) is 11.6 Å². The lowest BCUT2D eigenvalue weighted by Crippen LogP contribution is -2.44. The first-order chi connectivity index (χ1) is 8.44. The van der Waals surface area contributed by atoms with E-state index in [0.29, 0.717) is 6.54 Å². The fourth-order valence-corrected chi connectivity index (χ4v) is 2.41. The van der Waals surface area contributed by atoms with Gasteiger partial charge in [-0.2, -0.15) is 0 Å². The summed E-state index contributed by atoms with van der Waals surface area (Å²) in [6, 6.07) is 8.20. The number of ether oxygens (including phenoxy) is 1. The van der Waals surface area contributed by atoms with E-state index in [9.17, 15) is 4.79 Å². The molecule has 1 aliphatic heterocycles. The quantitative estimate of drug-likeness (QED) is 0.771. The molecule has 0 saturated carbocycles. The summed E-state index contributed by atoms with van der Waals surface area (Å²) in [5.41, 5.74) is 1.71. The van der Waals surface area contributed by atoms with Crippen LogP contribution < -0.4 is 0 Å². The molecule has 0 bridgehead atoms. The number of hydrogen-bond donors (Lipinski definition) is 0. The van der Waals surface area contributed by atoms with Crippen LogP contribution in [0.3, 0.4) is 0 Å². The minimum absolute atomic E-state index is 0.00654. The Balaban J connectivity index is 2.19. The third kappa shape index (κ3) is 2.52.